The average molecular weight is 282 g/mol. The fourth-order valence-corrected chi connectivity index (χ4v) is 3.47. The summed E-state index contributed by atoms with van der Waals surface area (Å²) in [6.45, 7) is 9.23. The summed E-state index contributed by atoms with van der Waals surface area (Å²) in [7, 11) is 0. The predicted molar refractivity (Wildman–Crippen MR) is 90.6 cm³/mol. The van der Waals surface area contributed by atoms with Crippen molar-refractivity contribution in [3.05, 3.63) is 48.0 Å². The molecule has 1 aliphatic heterocycles. The lowest BCUT2D eigenvalue weighted by Gasteiger charge is -2.38. The summed E-state index contributed by atoms with van der Waals surface area (Å²) >= 11 is 0. The zero-order valence-corrected chi connectivity index (χ0v) is 13.2. The molecule has 21 heavy (non-hydrogen) atoms. The molecule has 0 aliphatic carbocycles. The standard InChI is InChI=1S/C19H26N2/c1-3-15(2)19(21-12-10-20-11-13-21)18-9-8-16-6-4-5-7-17(16)14-18/h4-9,14-15,19-20H,3,10-13H2,1-2H3/t15?,19-/m0/s1. The van der Waals surface area contributed by atoms with Crippen molar-refractivity contribution in [2.75, 3.05) is 26.2 Å². The molecule has 2 atom stereocenters. The van der Waals surface area contributed by atoms with Crippen LogP contribution >= 0.6 is 0 Å². The summed E-state index contributed by atoms with van der Waals surface area (Å²) in [5.41, 5.74) is 1.48. The highest BCUT2D eigenvalue weighted by molar-refractivity contribution is 5.83. The van der Waals surface area contributed by atoms with Crippen molar-refractivity contribution in [1.29, 1.82) is 0 Å². The summed E-state index contributed by atoms with van der Waals surface area (Å²) in [6.07, 6.45) is 1.22. The van der Waals surface area contributed by atoms with Crippen LogP contribution < -0.4 is 5.32 Å². The van der Waals surface area contributed by atoms with Crippen LogP contribution in [0.15, 0.2) is 42.5 Å². The van der Waals surface area contributed by atoms with Crippen molar-refractivity contribution in [2.24, 2.45) is 5.92 Å². The van der Waals surface area contributed by atoms with Crippen LogP contribution in [-0.4, -0.2) is 31.1 Å². The van der Waals surface area contributed by atoms with E-state index in [0.29, 0.717) is 12.0 Å². The number of nitrogens with one attached hydrogen (secondary N) is 1. The number of piperazine rings is 1. The van der Waals surface area contributed by atoms with E-state index in [1.165, 1.54) is 22.8 Å². The number of fused-ring (bicyclic) bond motifs is 1. The van der Waals surface area contributed by atoms with E-state index in [4.69, 9.17) is 0 Å². The zero-order valence-electron chi connectivity index (χ0n) is 13.2. The van der Waals surface area contributed by atoms with Crippen molar-refractivity contribution in [3.63, 3.8) is 0 Å². The molecular weight excluding hydrogens is 256 g/mol. The topological polar surface area (TPSA) is 15.3 Å². The second-order valence-electron chi connectivity index (χ2n) is 6.22. The van der Waals surface area contributed by atoms with Crippen molar-refractivity contribution >= 4 is 10.8 Å². The molecule has 2 aromatic rings. The average Bonchev–Trinajstić information content (AvgIpc) is 2.56. The minimum atomic E-state index is 0.543. The maximum Gasteiger partial charge on any atom is 0.0374 e. The molecule has 1 heterocycles. The zero-order chi connectivity index (χ0) is 14.7. The van der Waals surface area contributed by atoms with E-state index >= 15 is 0 Å². The third kappa shape index (κ3) is 3.12. The van der Waals surface area contributed by atoms with Gasteiger partial charge in [0.2, 0.25) is 0 Å². The summed E-state index contributed by atoms with van der Waals surface area (Å²) in [4.78, 5) is 2.66. The second-order valence-corrected chi connectivity index (χ2v) is 6.22. The molecule has 2 aromatic carbocycles. The highest BCUT2D eigenvalue weighted by Gasteiger charge is 2.26. The molecule has 0 bridgehead atoms. The lowest BCUT2D eigenvalue weighted by molar-refractivity contribution is 0.128. The maximum atomic E-state index is 3.47. The van der Waals surface area contributed by atoms with Crippen molar-refractivity contribution < 1.29 is 0 Å². The van der Waals surface area contributed by atoms with Crippen LogP contribution in [0.3, 0.4) is 0 Å². The predicted octanol–water partition coefficient (Wildman–Crippen LogP) is 3.83. The van der Waals surface area contributed by atoms with Crippen LogP contribution in [0.5, 0.6) is 0 Å². The monoisotopic (exact) mass is 282 g/mol. The second kappa shape index (κ2) is 6.59. The third-order valence-electron chi connectivity index (χ3n) is 4.84. The van der Waals surface area contributed by atoms with Gasteiger partial charge in [-0.3, -0.25) is 4.90 Å². The first-order valence-electron chi connectivity index (χ1n) is 8.23. The van der Waals surface area contributed by atoms with E-state index in [2.05, 4.69) is 66.5 Å². The molecule has 3 rings (SSSR count). The van der Waals surface area contributed by atoms with Gasteiger partial charge in [0, 0.05) is 32.2 Å². The molecule has 0 saturated carbocycles. The van der Waals surface area contributed by atoms with E-state index in [1.54, 1.807) is 0 Å². The SMILES string of the molecule is CCC(C)[C@@H](c1ccc2ccccc2c1)N1CCNCC1. The minimum Gasteiger partial charge on any atom is -0.314 e. The van der Waals surface area contributed by atoms with Crippen LogP contribution in [0.1, 0.15) is 31.9 Å². The van der Waals surface area contributed by atoms with Crippen LogP contribution in [0.2, 0.25) is 0 Å². The number of nitrogens with zero attached hydrogens (tertiary/aromatic N) is 1. The van der Waals surface area contributed by atoms with Gasteiger partial charge in [-0.1, -0.05) is 56.7 Å². The van der Waals surface area contributed by atoms with Gasteiger partial charge in [0.05, 0.1) is 0 Å². The summed E-state index contributed by atoms with van der Waals surface area (Å²) in [6, 6.07) is 16.2. The summed E-state index contributed by atoms with van der Waals surface area (Å²) in [5.74, 6) is 0.685. The molecular formula is C19H26N2. The van der Waals surface area contributed by atoms with Gasteiger partial charge in [-0.2, -0.15) is 0 Å². The Morgan fingerprint density at radius 2 is 1.76 bits per heavy atom. The molecule has 2 nitrogen and oxygen atoms in total. The van der Waals surface area contributed by atoms with Gasteiger partial charge >= 0.3 is 0 Å². The maximum absolute atomic E-state index is 3.47. The quantitative estimate of drug-likeness (QED) is 0.917. The molecule has 1 fully saturated rings. The first-order chi connectivity index (χ1) is 10.3. The van der Waals surface area contributed by atoms with Crippen molar-refractivity contribution in [2.45, 2.75) is 26.3 Å². The molecule has 1 unspecified atom stereocenters. The number of benzene rings is 2. The van der Waals surface area contributed by atoms with Gasteiger partial charge in [-0.25, -0.2) is 0 Å². The Morgan fingerprint density at radius 3 is 2.48 bits per heavy atom. The number of hydrogen-bond acceptors (Lipinski definition) is 2. The Balaban J connectivity index is 1.96. The van der Waals surface area contributed by atoms with Crippen molar-refractivity contribution in [3.8, 4) is 0 Å². The fraction of sp³-hybridized carbons (Fsp3) is 0.474. The molecule has 1 aliphatic rings. The Labute approximate surface area is 128 Å². The van der Waals surface area contributed by atoms with Gasteiger partial charge in [-0.15, -0.1) is 0 Å². The molecule has 0 spiro atoms. The Hall–Kier alpha value is -1.38. The number of rotatable bonds is 4. The molecule has 1 saturated heterocycles. The van der Waals surface area contributed by atoms with E-state index in [-0.39, 0.29) is 0 Å². The molecule has 2 heteroatoms. The van der Waals surface area contributed by atoms with E-state index < -0.39 is 0 Å². The highest BCUT2D eigenvalue weighted by atomic mass is 15.2. The van der Waals surface area contributed by atoms with Crippen LogP contribution in [-0.2, 0) is 0 Å². The Morgan fingerprint density at radius 1 is 1.05 bits per heavy atom. The normalized spacial score (nSPS) is 19.5. The molecule has 0 amide bonds. The smallest absolute Gasteiger partial charge is 0.0374 e. The van der Waals surface area contributed by atoms with Gasteiger partial charge in [0.1, 0.15) is 0 Å². The van der Waals surface area contributed by atoms with Crippen molar-refractivity contribution in [1.82, 2.24) is 10.2 Å². The lowest BCUT2D eigenvalue weighted by Crippen LogP contribution is -2.46. The largest absolute Gasteiger partial charge is 0.314 e. The molecule has 112 valence electrons. The first kappa shape index (κ1) is 14.6. The minimum absolute atomic E-state index is 0.543. The van der Waals surface area contributed by atoms with Crippen LogP contribution in [0.4, 0.5) is 0 Å². The summed E-state index contributed by atoms with van der Waals surface area (Å²) < 4.78 is 0. The van der Waals surface area contributed by atoms with Gasteiger partial charge in [0.25, 0.3) is 0 Å². The van der Waals surface area contributed by atoms with E-state index in [0.717, 1.165) is 26.2 Å². The van der Waals surface area contributed by atoms with Crippen LogP contribution in [0, 0.1) is 5.92 Å². The van der Waals surface area contributed by atoms with E-state index in [1.807, 2.05) is 0 Å². The number of hydrogen-bond donors (Lipinski definition) is 1. The van der Waals surface area contributed by atoms with Gasteiger partial charge < -0.3 is 5.32 Å². The lowest BCUT2D eigenvalue weighted by atomic mass is 9.89. The third-order valence-corrected chi connectivity index (χ3v) is 4.84. The van der Waals surface area contributed by atoms with Gasteiger partial charge in [-0.05, 0) is 28.3 Å². The molecule has 1 N–H and O–H groups in total. The van der Waals surface area contributed by atoms with Crippen LogP contribution in [0.25, 0.3) is 10.8 Å². The summed E-state index contributed by atoms with van der Waals surface area (Å²) in [5, 5.41) is 6.16. The van der Waals surface area contributed by atoms with Gasteiger partial charge in [0.15, 0.2) is 0 Å². The fourth-order valence-electron chi connectivity index (χ4n) is 3.47. The highest BCUT2D eigenvalue weighted by Crippen LogP contribution is 2.32. The van der Waals surface area contributed by atoms with E-state index in [9.17, 15) is 0 Å². The molecule has 0 aromatic heterocycles. The Bertz CT molecular complexity index is 587. The first-order valence-corrected chi connectivity index (χ1v) is 8.23. The molecule has 0 radical (unpaired) electrons. The Kier molecular flexibility index (Phi) is 4.57.